The van der Waals surface area contributed by atoms with Crippen LogP contribution >= 0.6 is 11.3 Å². The summed E-state index contributed by atoms with van der Waals surface area (Å²) in [4.78, 5) is 41.6. The minimum Gasteiger partial charge on any atom is -0.458 e. The van der Waals surface area contributed by atoms with Gasteiger partial charge in [0.2, 0.25) is 0 Å². The van der Waals surface area contributed by atoms with Crippen molar-refractivity contribution >= 4 is 28.3 Å². The normalized spacial score (nSPS) is 10.9. The molecule has 0 aromatic carbocycles. The van der Waals surface area contributed by atoms with Crippen molar-refractivity contribution in [2.75, 3.05) is 6.61 Å². The first-order chi connectivity index (χ1) is 12.4. The van der Waals surface area contributed by atoms with Gasteiger partial charge >= 0.3 is 11.7 Å². The maximum absolute atomic E-state index is 12.9. The molecule has 3 aromatic heterocycles. The zero-order chi connectivity index (χ0) is 19.0. The summed E-state index contributed by atoms with van der Waals surface area (Å²) in [6.45, 7) is 5.32. The van der Waals surface area contributed by atoms with E-state index in [-0.39, 0.29) is 17.6 Å². The molecule has 7 nitrogen and oxygen atoms in total. The van der Waals surface area contributed by atoms with Gasteiger partial charge in [0.25, 0.3) is 11.2 Å². The van der Waals surface area contributed by atoms with Crippen LogP contribution in [0.1, 0.15) is 16.1 Å². The van der Waals surface area contributed by atoms with Crippen LogP contribution in [0.5, 0.6) is 0 Å². The molecule has 0 spiro atoms. The smallest absolute Gasteiger partial charge is 0.417 e. The average Bonchev–Trinajstić information content (AvgIpc) is 3.16. The molecule has 0 saturated carbocycles. The summed E-state index contributed by atoms with van der Waals surface area (Å²) < 4.78 is 7.61. The lowest BCUT2D eigenvalue weighted by atomic mass is 10.0. The number of nitrogens with one attached hydrogen (secondary N) is 1. The highest BCUT2D eigenvalue weighted by atomic mass is 32.1. The number of rotatable bonds is 4. The number of fused-ring (bicyclic) bond motifs is 1. The monoisotopic (exact) mass is 372 g/mol. The Balaban J connectivity index is 2.53. The zero-order valence-corrected chi connectivity index (χ0v) is 15.5. The standard InChI is InChI=1S/C18H17N3O4S/c1-5-8-25-17(23)12-10(2)19-15-14(13(12)11-7-6-9-26-11)16(22)21(4)18(24)20(15)3/h5-7,9H,1,8H2,2-4H3/p+1. The number of carbonyl (C=O) groups excluding carboxylic acids is 1. The van der Waals surface area contributed by atoms with Crippen LogP contribution in [-0.2, 0) is 18.8 Å². The van der Waals surface area contributed by atoms with Crippen molar-refractivity contribution < 1.29 is 14.5 Å². The van der Waals surface area contributed by atoms with Gasteiger partial charge in [-0.25, -0.2) is 19.1 Å². The molecule has 0 aliphatic carbocycles. The number of aromatic amines is 1. The van der Waals surface area contributed by atoms with Crippen LogP contribution in [0.2, 0.25) is 0 Å². The number of H-pyrrole nitrogens is 1. The van der Waals surface area contributed by atoms with Gasteiger partial charge < -0.3 is 4.74 Å². The van der Waals surface area contributed by atoms with Crippen LogP contribution in [-0.4, -0.2) is 21.7 Å². The Kier molecular flexibility index (Phi) is 4.60. The molecular weight excluding hydrogens is 354 g/mol. The number of thiophene rings is 1. The Morgan fingerprint density at radius 3 is 2.69 bits per heavy atom. The quantitative estimate of drug-likeness (QED) is 0.512. The molecule has 0 fully saturated rings. The van der Waals surface area contributed by atoms with E-state index < -0.39 is 17.2 Å². The van der Waals surface area contributed by atoms with Gasteiger partial charge in [-0.2, -0.15) is 4.57 Å². The van der Waals surface area contributed by atoms with Crippen LogP contribution in [0.15, 0.2) is 39.8 Å². The van der Waals surface area contributed by atoms with Crippen molar-refractivity contribution in [3.63, 3.8) is 0 Å². The molecule has 0 atom stereocenters. The summed E-state index contributed by atoms with van der Waals surface area (Å²) in [6.07, 6.45) is 1.48. The number of aryl methyl sites for hydroxylation is 2. The predicted octanol–water partition coefficient (Wildman–Crippen LogP) is 1.43. The van der Waals surface area contributed by atoms with Crippen molar-refractivity contribution in [1.82, 2.24) is 9.13 Å². The van der Waals surface area contributed by atoms with E-state index in [4.69, 9.17) is 4.74 Å². The summed E-state index contributed by atoms with van der Waals surface area (Å²) in [5.74, 6) is -0.556. The predicted molar refractivity (Wildman–Crippen MR) is 99.5 cm³/mol. The molecule has 3 aromatic rings. The third-order valence-electron chi connectivity index (χ3n) is 4.15. The molecule has 8 heteroatoms. The van der Waals surface area contributed by atoms with Gasteiger partial charge in [-0.05, 0) is 18.4 Å². The molecule has 0 unspecified atom stereocenters. The summed E-state index contributed by atoms with van der Waals surface area (Å²) in [7, 11) is 2.99. The van der Waals surface area contributed by atoms with E-state index in [9.17, 15) is 14.4 Å². The maximum atomic E-state index is 12.9. The zero-order valence-electron chi connectivity index (χ0n) is 14.7. The Bertz CT molecular complexity index is 1140. The van der Waals surface area contributed by atoms with E-state index in [0.29, 0.717) is 16.9 Å². The number of hydrogen-bond donors (Lipinski definition) is 0. The van der Waals surface area contributed by atoms with Gasteiger partial charge in [0.15, 0.2) is 0 Å². The molecule has 0 amide bonds. The van der Waals surface area contributed by atoms with Crippen molar-refractivity contribution in [2.24, 2.45) is 14.1 Å². The van der Waals surface area contributed by atoms with Gasteiger partial charge in [0.05, 0.1) is 7.05 Å². The molecule has 3 rings (SSSR count). The molecule has 0 saturated heterocycles. The lowest BCUT2D eigenvalue weighted by molar-refractivity contribution is -0.359. The first-order valence-corrected chi connectivity index (χ1v) is 8.74. The summed E-state index contributed by atoms with van der Waals surface area (Å²) >= 11 is 1.40. The third-order valence-corrected chi connectivity index (χ3v) is 5.04. The molecule has 0 aliphatic heterocycles. The maximum Gasteiger partial charge on any atom is 0.417 e. The van der Waals surface area contributed by atoms with E-state index in [0.717, 1.165) is 9.44 Å². The van der Waals surface area contributed by atoms with E-state index in [1.807, 2.05) is 17.5 Å². The third kappa shape index (κ3) is 2.68. The second-order valence-electron chi connectivity index (χ2n) is 5.79. The summed E-state index contributed by atoms with van der Waals surface area (Å²) in [5.41, 5.74) is 0.698. The first-order valence-electron chi connectivity index (χ1n) is 7.86. The Morgan fingerprint density at radius 2 is 2.08 bits per heavy atom. The molecule has 26 heavy (non-hydrogen) atoms. The number of esters is 1. The fraction of sp³-hybridized carbons (Fsp3) is 0.222. The van der Waals surface area contributed by atoms with Crippen LogP contribution in [0.4, 0.5) is 0 Å². The highest BCUT2D eigenvalue weighted by Crippen LogP contribution is 2.33. The van der Waals surface area contributed by atoms with E-state index in [1.54, 1.807) is 14.0 Å². The molecule has 0 aliphatic rings. The Labute approximate surface area is 152 Å². The number of hydrogen-bond acceptors (Lipinski definition) is 5. The summed E-state index contributed by atoms with van der Waals surface area (Å²) in [5, 5.41) is 2.13. The molecular formula is C18H18N3O4S+. The highest BCUT2D eigenvalue weighted by molar-refractivity contribution is 7.13. The topological polar surface area (TPSA) is 84.4 Å². The van der Waals surface area contributed by atoms with Crippen LogP contribution in [0.25, 0.3) is 21.5 Å². The molecule has 134 valence electrons. The fourth-order valence-electron chi connectivity index (χ4n) is 2.90. The lowest BCUT2D eigenvalue weighted by Crippen LogP contribution is -2.40. The van der Waals surface area contributed by atoms with E-state index >= 15 is 0 Å². The van der Waals surface area contributed by atoms with Crippen molar-refractivity contribution in [2.45, 2.75) is 6.92 Å². The minimum absolute atomic E-state index is 0.0610. The lowest BCUT2D eigenvalue weighted by Gasteiger charge is -2.12. The van der Waals surface area contributed by atoms with Gasteiger partial charge in [-0.3, -0.25) is 4.79 Å². The number of carbonyl (C=O) groups is 1. The summed E-state index contributed by atoms with van der Waals surface area (Å²) in [6, 6.07) is 3.66. The number of pyridine rings is 1. The average molecular weight is 372 g/mol. The fourth-order valence-corrected chi connectivity index (χ4v) is 3.68. The Morgan fingerprint density at radius 1 is 1.35 bits per heavy atom. The van der Waals surface area contributed by atoms with Crippen LogP contribution < -0.4 is 16.2 Å². The van der Waals surface area contributed by atoms with E-state index in [2.05, 4.69) is 11.6 Å². The molecule has 3 heterocycles. The van der Waals surface area contributed by atoms with Crippen LogP contribution in [0.3, 0.4) is 0 Å². The highest BCUT2D eigenvalue weighted by Gasteiger charge is 2.29. The largest absolute Gasteiger partial charge is 0.458 e. The molecule has 1 N–H and O–H groups in total. The van der Waals surface area contributed by atoms with E-state index in [1.165, 1.54) is 29.0 Å². The second-order valence-corrected chi connectivity index (χ2v) is 6.74. The number of aromatic nitrogens is 3. The second kappa shape index (κ2) is 6.72. The van der Waals surface area contributed by atoms with Crippen molar-refractivity contribution in [3.8, 4) is 10.4 Å². The minimum atomic E-state index is -0.556. The van der Waals surface area contributed by atoms with Gasteiger partial charge in [-0.15, -0.1) is 11.3 Å². The van der Waals surface area contributed by atoms with Gasteiger partial charge in [0.1, 0.15) is 23.3 Å². The van der Waals surface area contributed by atoms with Crippen molar-refractivity contribution in [1.29, 1.82) is 0 Å². The van der Waals surface area contributed by atoms with Gasteiger partial charge in [0, 0.05) is 17.5 Å². The molecule has 0 radical (unpaired) electrons. The first kappa shape index (κ1) is 17.8. The van der Waals surface area contributed by atoms with Crippen molar-refractivity contribution in [3.05, 3.63) is 62.3 Å². The van der Waals surface area contributed by atoms with Gasteiger partial charge in [-0.1, -0.05) is 18.7 Å². The molecule has 0 bridgehead atoms. The Hall–Kier alpha value is -3.00. The number of ether oxygens (including phenoxy) is 1. The SMILES string of the molecule is C=CCOC(=O)c1c(C)[nH+]c2c(c1-c1cccs1)c(=O)n(C)c(=O)n2C. The van der Waals surface area contributed by atoms with Crippen LogP contribution in [0, 0.1) is 6.92 Å². The number of nitrogens with zero attached hydrogens (tertiary/aromatic N) is 2.